The van der Waals surface area contributed by atoms with Crippen molar-refractivity contribution in [2.75, 3.05) is 12.3 Å². The molecule has 122 valence electrons. The van der Waals surface area contributed by atoms with Crippen LogP contribution in [0.3, 0.4) is 0 Å². The van der Waals surface area contributed by atoms with Crippen LogP contribution in [0.1, 0.15) is 31.3 Å². The molecule has 2 heterocycles. The molecule has 3 rings (SSSR count). The first-order valence-corrected chi connectivity index (χ1v) is 8.38. The zero-order chi connectivity index (χ0) is 17.1. The lowest BCUT2D eigenvalue weighted by Gasteiger charge is -2.05. The largest absolute Gasteiger partial charge is 0.397 e. The summed E-state index contributed by atoms with van der Waals surface area (Å²) in [6.45, 7) is 2.38. The third kappa shape index (κ3) is 3.28. The van der Waals surface area contributed by atoms with Crippen molar-refractivity contribution in [2.45, 2.75) is 13.3 Å². The zero-order valence-electron chi connectivity index (χ0n) is 13.2. The minimum atomic E-state index is -0.195. The van der Waals surface area contributed by atoms with Crippen molar-refractivity contribution < 1.29 is 9.59 Å². The minimum absolute atomic E-state index is 0.195. The fraction of sp³-hybridized carbons (Fsp3) is 0.167. The molecule has 0 aliphatic heterocycles. The highest BCUT2D eigenvalue weighted by molar-refractivity contribution is 7.21. The molecule has 1 amide bonds. The number of rotatable bonds is 5. The Labute approximate surface area is 143 Å². The number of pyridine rings is 1. The Hall–Kier alpha value is -2.73. The summed E-state index contributed by atoms with van der Waals surface area (Å²) in [5.41, 5.74) is 9.09. The van der Waals surface area contributed by atoms with E-state index in [1.54, 1.807) is 6.07 Å². The van der Waals surface area contributed by atoms with Gasteiger partial charge in [-0.1, -0.05) is 18.2 Å². The Kier molecular flexibility index (Phi) is 4.57. The summed E-state index contributed by atoms with van der Waals surface area (Å²) in [6, 6.07) is 11.1. The second kappa shape index (κ2) is 6.80. The van der Waals surface area contributed by atoms with E-state index in [2.05, 4.69) is 10.3 Å². The maximum Gasteiger partial charge on any atom is 0.263 e. The number of hydrogen-bond donors (Lipinski definition) is 2. The van der Waals surface area contributed by atoms with Crippen LogP contribution in [0.15, 0.2) is 36.4 Å². The lowest BCUT2D eigenvalue weighted by Crippen LogP contribution is -2.25. The van der Waals surface area contributed by atoms with Gasteiger partial charge in [0.1, 0.15) is 16.0 Å². The molecule has 3 N–H and O–H groups in total. The summed E-state index contributed by atoms with van der Waals surface area (Å²) in [5.74, 6) is -0.195. The minimum Gasteiger partial charge on any atom is -0.397 e. The van der Waals surface area contributed by atoms with Gasteiger partial charge < -0.3 is 11.1 Å². The van der Waals surface area contributed by atoms with Crippen molar-refractivity contribution in [3.63, 3.8) is 0 Å². The molecule has 0 spiro atoms. The van der Waals surface area contributed by atoms with E-state index in [9.17, 15) is 9.59 Å². The maximum absolute atomic E-state index is 12.4. The molecule has 6 heteroatoms. The average molecular weight is 339 g/mol. The number of anilines is 1. The summed E-state index contributed by atoms with van der Waals surface area (Å²) in [4.78, 5) is 28.8. The van der Waals surface area contributed by atoms with Crippen molar-refractivity contribution in [2.24, 2.45) is 0 Å². The van der Waals surface area contributed by atoms with E-state index in [0.29, 0.717) is 29.1 Å². The fourth-order valence-corrected chi connectivity index (χ4v) is 3.54. The second-order valence-corrected chi connectivity index (χ2v) is 6.52. The molecular weight excluding hydrogens is 322 g/mol. The van der Waals surface area contributed by atoms with Crippen LogP contribution in [0, 0.1) is 6.92 Å². The van der Waals surface area contributed by atoms with Crippen LogP contribution in [0.4, 0.5) is 5.69 Å². The molecule has 0 atom stereocenters. The van der Waals surface area contributed by atoms with Crippen LogP contribution < -0.4 is 11.1 Å². The summed E-state index contributed by atoms with van der Waals surface area (Å²) >= 11 is 1.30. The number of fused-ring (bicyclic) bond motifs is 1. The standard InChI is InChI=1S/C18H17N3O2S/c1-11-5-6-14-15(19)16(24-18(14)21-11)17(23)20-8-7-12-3-2-4-13(9-12)10-22/h2-6,9-10H,7-8,19H2,1H3,(H,20,23). The molecule has 5 nitrogen and oxygen atoms in total. The van der Waals surface area contributed by atoms with Crippen LogP contribution in [0.25, 0.3) is 10.2 Å². The molecule has 0 aliphatic rings. The third-order valence-corrected chi connectivity index (χ3v) is 4.84. The molecule has 0 fully saturated rings. The number of benzene rings is 1. The van der Waals surface area contributed by atoms with E-state index in [0.717, 1.165) is 27.8 Å². The molecule has 0 radical (unpaired) electrons. The first kappa shape index (κ1) is 16.1. The number of aromatic nitrogens is 1. The number of nitrogens with two attached hydrogens (primary N) is 1. The highest BCUT2D eigenvalue weighted by Gasteiger charge is 2.16. The highest BCUT2D eigenvalue weighted by atomic mass is 32.1. The SMILES string of the molecule is Cc1ccc2c(N)c(C(=O)NCCc3cccc(C=O)c3)sc2n1. The Balaban J connectivity index is 1.69. The predicted molar refractivity (Wildman–Crippen MR) is 96.6 cm³/mol. The number of carbonyl (C=O) groups excluding carboxylic acids is 2. The summed E-state index contributed by atoms with van der Waals surface area (Å²) in [5, 5.41) is 3.69. The van der Waals surface area contributed by atoms with E-state index in [4.69, 9.17) is 5.73 Å². The van der Waals surface area contributed by atoms with Gasteiger partial charge in [0.15, 0.2) is 0 Å². The zero-order valence-corrected chi connectivity index (χ0v) is 14.0. The summed E-state index contributed by atoms with van der Waals surface area (Å²) in [7, 11) is 0. The van der Waals surface area contributed by atoms with E-state index < -0.39 is 0 Å². The van der Waals surface area contributed by atoms with Gasteiger partial charge in [0.25, 0.3) is 5.91 Å². The monoisotopic (exact) mass is 339 g/mol. The van der Waals surface area contributed by atoms with E-state index >= 15 is 0 Å². The van der Waals surface area contributed by atoms with Crippen LogP contribution >= 0.6 is 11.3 Å². The molecule has 0 saturated carbocycles. The van der Waals surface area contributed by atoms with Crippen LogP contribution in [0.2, 0.25) is 0 Å². The first-order valence-electron chi connectivity index (χ1n) is 7.56. The van der Waals surface area contributed by atoms with Crippen LogP contribution in [-0.2, 0) is 6.42 Å². The van der Waals surface area contributed by atoms with Gasteiger partial charge in [0.05, 0.1) is 5.69 Å². The Bertz CT molecular complexity index is 918. The molecule has 0 aliphatic carbocycles. The number of aldehydes is 1. The highest BCUT2D eigenvalue weighted by Crippen LogP contribution is 2.32. The van der Waals surface area contributed by atoms with Gasteiger partial charge in [-0.15, -0.1) is 11.3 Å². The third-order valence-electron chi connectivity index (χ3n) is 3.73. The number of carbonyl (C=O) groups is 2. The second-order valence-electron chi connectivity index (χ2n) is 5.52. The van der Waals surface area contributed by atoms with Crippen LogP contribution in [-0.4, -0.2) is 23.7 Å². The summed E-state index contributed by atoms with van der Waals surface area (Å²) < 4.78 is 0. The Morgan fingerprint density at radius 2 is 2.17 bits per heavy atom. The molecule has 0 unspecified atom stereocenters. The van der Waals surface area contributed by atoms with Crippen molar-refractivity contribution in [1.29, 1.82) is 0 Å². The lowest BCUT2D eigenvalue weighted by atomic mass is 10.1. The Morgan fingerprint density at radius 3 is 2.96 bits per heavy atom. The van der Waals surface area contributed by atoms with Gasteiger partial charge in [0, 0.05) is 23.2 Å². The van der Waals surface area contributed by atoms with Crippen molar-refractivity contribution in [1.82, 2.24) is 10.3 Å². The molecule has 3 aromatic rings. The van der Waals surface area contributed by atoms with Gasteiger partial charge in [-0.3, -0.25) is 9.59 Å². The number of nitrogens with zero attached hydrogens (tertiary/aromatic N) is 1. The molecule has 2 aromatic heterocycles. The predicted octanol–water partition coefficient (Wildman–Crippen LogP) is 2.97. The number of hydrogen-bond acceptors (Lipinski definition) is 5. The molecular formula is C18H17N3O2S. The lowest BCUT2D eigenvalue weighted by molar-refractivity contribution is 0.0958. The fourth-order valence-electron chi connectivity index (χ4n) is 2.48. The Morgan fingerprint density at radius 1 is 1.33 bits per heavy atom. The van der Waals surface area contributed by atoms with Gasteiger partial charge in [-0.2, -0.15) is 0 Å². The van der Waals surface area contributed by atoms with Crippen molar-refractivity contribution in [3.05, 3.63) is 58.1 Å². The number of amides is 1. The average Bonchev–Trinajstić information content (AvgIpc) is 2.91. The maximum atomic E-state index is 12.4. The smallest absolute Gasteiger partial charge is 0.263 e. The van der Waals surface area contributed by atoms with Crippen molar-refractivity contribution in [3.8, 4) is 0 Å². The van der Waals surface area contributed by atoms with E-state index in [-0.39, 0.29) is 5.91 Å². The van der Waals surface area contributed by atoms with Gasteiger partial charge in [-0.25, -0.2) is 4.98 Å². The number of nitrogen functional groups attached to an aromatic ring is 1. The molecule has 0 saturated heterocycles. The first-order chi connectivity index (χ1) is 11.6. The van der Waals surface area contributed by atoms with Gasteiger partial charge >= 0.3 is 0 Å². The quantitative estimate of drug-likeness (QED) is 0.700. The molecule has 1 aromatic carbocycles. The molecule has 0 bridgehead atoms. The van der Waals surface area contributed by atoms with E-state index in [1.165, 1.54) is 11.3 Å². The van der Waals surface area contributed by atoms with E-state index in [1.807, 2.05) is 37.3 Å². The van der Waals surface area contributed by atoms with Gasteiger partial charge in [0.2, 0.25) is 0 Å². The number of aryl methyl sites for hydroxylation is 1. The topological polar surface area (TPSA) is 85.1 Å². The van der Waals surface area contributed by atoms with Gasteiger partial charge in [-0.05, 0) is 37.1 Å². The number of thiophene rings is 1. The summed E-state index contributed by atoms with van der Waals surface area (Å²) in [6.07, 6.45) is 1.46. The normalized spacial score (nSPS) is 10.7. The van der Waals surface area contributed by atoms with Crippen LogP contribution in [0.5, 0.6) is 0 Å². The van der Waals surface area contributed by atoms with Crippen molar-refractivity contribution >= 4 is 39.4 Å². The molecule has 24 heavy (non-hydrogen) atoms. The number of nitrogens with one attached hydrogen (secondary N) is 1.